The zero-order valence-corrected chi connectivity index (χ0v) is 13.8. The zero-order valence-electron chi connectivity index (χ0n) is 13.0. The number of hydrogen-bond acceptors (Lipinski definition) is 6. The van der Waals surface area contributed by atoms with Gasteiger partial charge in [-0.05, 0) is 26.0 Å². The summed E-state index contributed by atoms with van der Waals surface area (Å²) in [5.74, 6) is 0.635. The standard InChI is InChI=1S/C15H13N7OS/c1-9-8-24-15-19-14(20-21(9)15)18-13(23)11-7-17-22(10(11)2)12-5-3-4-6-16-12/h3-8H,1-2H3,(H,18,20,23). The van der Waals surface area contributed by atoms with Crippen molar-refractivity contribution in [2.45, 2.75) is 13.8 Å². The van der Waals surface area contributed by atoms with E-state index in [1.165, 1.54) is 17.5 Å². The fourth-order valence-corrected chi connectivity index (χ4v) is 3.16. The van der Waals surface area contributed by atoms with Crippen LogP contribution in [-0.4, -0.2) is 35.3 Å². The lowest BCUT2D eigenvalue weighted by Crippen LogP contribution is -2.14. The molecule has 0 spiro atoms. The molecule has 4 aromatic rings. The molecule has 0 aliphatic rings. The molecule has 0 aliphatic heterocycles. The first-order valence-electron chi connectivity index (χ1n) is 7.22. The van der Waals surface area contributed by atoms with Gasteiger partial charge in [-0.2, -0.15) is 10.1 Å². The summed E-state index contributed by atoms with van der Waals surface area (Å²) in [6, 6.07) is 5.52. The fourth-order valence-electron chi connectivity index (χ4n) is 2.36. The Hall–Kier alpha value is -3.07. The smallest absolute Gasteiger partial charge is 0.261 e. The highest BCUT2D eigenvalue weighted by Crippen LogP contribution is 2.17. The second kappa shape index (κ2) is 5.53. The van der Waals surface area contributed by atoms with E-state index < -0.39 is 0 Å². The van der Waals surface area contributed by atoms with Gasteiger partial charge in [-0.25, -0.2) is 14.2 Å². The normalized spacial score (nSPS) is 11.1. The maximum Gasteiger partial charge on any atom is 0.261 e. The molecule has 0 aliphatic carbocycles. The third-order valence-electron chi connectivity index (χ3n) is 3.59. The van der Waals surface area contributed by atoms with Crippen LogP contribution in [0.2, 0.25) is 0 Å². The van der Waals surface area contributed by atoms with Gasteiger partial charge in [0.2, 0.25) is 4.96 Å². The van der Waals surface area contributed by atoms with Crippen molar-refractivity contribution >= 4 is 28.2 Å². The van der Waals surface area contributed by atoms with Gasteiger partial charge in [0.1, 0.15) is 0 Å². The van der Waals surface area contributed by atoms with Crippen LogP contribution in [0.15, 0.2) is 36.0 Å². The zero-order chi connectivity index (χ0) is 16.7. The van der Waals surface area contributed by atoms with E-state index >= 15 is 0 Å². The van der Waals surface area contributed by atoms with Crippen LogP contribution in [-0.2, 0) is 0 Å². The van der Waals surface area contributed by atoms with Gasteiger partial charge in [-0.1, -0.05) is 6.07 Å². The molecule has 0 atom stereocenters. The Bertz CT molecular complexity index is 1030. The van der Waals surface area contributed by atoms with E-state index in [4.69, 9.17) is 0 Å². The molecule has 4 aromatic heterocycles. The number of thiazole rings is 1. The summed E-state index contributed by atoms with van der Waals surface area (Å²) in [6.45, 7) is 3.75. The number of hydrogen-bond donors (Lipinski definition) is 1. The minimum atomic E-state index is -0.300. The lowest BCUT2D eigenvalue weighted by Gasteiger charge is -2.04. The Morgan fingerprint density at radius 2 is 2.17 bits per heavy atom. The first kappa shape index (κ1) is 14.5. The van der Waals surface area contributed by atoms with E-state index in [1.807, 2.05) is 37.4 Å². The molecule has 9 heteroatoms. The number of fused-ring (bicyclic) bond motifs is 1. The van der Waals surface area contributed by atoms with Crippen LogP contribution >= 0.6 is 11.3 Å². The maximum absolute atomic E-state index is 12.5. The van der Waals surface area contributed by atoms with Crippen molar-refractivity contribution < 1.29 is 4.79 Å². The highest BCUT2D eigenvalue weighted by Gasteiger charge is 2.18. The lowest BCUT2D eigenvalue weighted by atomic mass is 10.2. The monoisotopic (exact) mass is 339 g/mol. The van der Waals surface area contributed by atoms with E-state index in [0.29, 0.717) is 17.1 Å². The number of nitrogens with zero attached hydrogens (tertiary/aromatic N) is 6. The third kappa shape index (κ3) is 2.35. The van der Waals surface area contributed by atoms with Gasteiger partial charge in [0.25, 0.3) is 11.9 Å². The van der Waals surface area contributed by atoms with E-state index in [0.717, 1.165) is 10.7 Å². The largest absolute Gasteiger partial charge is 0.289 e. The van der Waals surface area contributed by atoms with Gasteiger partial charge in [0, 0.05) is 11.6 Å². The molecule has 1 amide bonds. The van der Waals surface area contributed by atoms with Gasteiger partial charge in [0.05, 0.1) is 23.1 Å². The number of amides is 1. The second-order valence-corrected chi connectivity index (χ2v) is 6.04. The van der Waals surface area contributed by atoms with E-state index in [2.05, 4.69) is 25.5 Å². The maximum atomic E-state index is 12.5. The summed E-state index contributed by atoms with van der Waals surface area (Å²) in [6.07, 6.45) is 3.20. The van der Waals surface area contributed by atoms with Crippen LogP contribution in [0.3, 0.4) is 0 Å². The van der Waals surface area contributed by atoms with Crippen molar-refractivity contribution in [2.24, 2.45) is 0 Å². The summed E-state index contributed by atoms with van der Waals surface area (Å²) in [7, 11) is 0. The van der Waals surface area contributed by atoms with Crippen LogP contribution in [0.4, 0.5) is 5.95 Å². The number of rotatable bonds is 3. The van der Waals surface area contributed by atoms with Crippen molar-refractivity contribution in [3.05, 3.63) is 52.9 Å². The van der Waals surface area contributed by atoms with Crippen molar-refractivity contribution in [3.8, 4) is 5.82 Å². The highest BCUT2D eigenvalue weighted by molar-refractivity contribution is 7.15. The fraction of sp³-hybridized carbons (Fsp3) is 0.133. The molecule has 8 nitrogen and oxygen atoms in total. The predicted octanol–water partition coefficient (Wildman–Crippen LogP) is 2.24. The Morgan fingerprint density at radius 3 is 2.92 bits per heavy atom. The Labute approximate surface area is 140 Å². The molecular weight excluding hydrogens is 326 g/mol. The van der Waals surface area contributed by atoms with E-state index in [9.17, 15) is 4.79 Å². The number of anilines is 1. The average Bonchev–Trinajstić information content (AvgIpc) is 3.25. The molecule has 1 N–H and O–H groups in total. The van der Waals surface area contributed by atoms with Crippen molar-refractivity contribution in [1.29, 1.82) is 0 Å². The van der Waals surface area contributed by atoms with Crippen LogP contribution in [0.1, 0.15) is 21.7 Å². The molecule has 0 aromatic carbocycles. The van der Waals surface area contributed by atoms with Crippen molar-refractivity contribution in [3.63, 3.8) is 0 Å². The summed E-state index contributed by atoms with van der Waals surface area (Å²) < 4.78 is 3.32. The quantitative estimate of drug-likeness (QED) is 0.618. The number of pyridine rings is 1. The van der Waals surface area contributed by atoms with Crippen LogP contribution in [0.5, 0.6) is 0 Å². The Morgan fingerprint density at radius 1 is 1.29 bits per heavy atom. The molecule has 0 radical (unpaired) electrons. The first-order valence-corrected chi connectivity index (χ1v) is 8.09. The van der Waals surface area contributed by atoms with Crippen LogP contribution in [0, 0.1) is 13.8 Å². The molecule has 4 rings (SSSR count). The number of carbonyl (C=O) groups excluding carboxylic acids is 1. The second-order valence-electron chi connectivity index (χ2n) is 5.20. The summed E-state index contributed by atoms with van der Waals surface area (Å²) in [5, 5.41) is 13.2. The lowest BCUT2D eigenvalue weighted by molar-refractivity contribution is 0.102. The summed E-state index contributed by atoms with van der Waals surface area (Å²) >= 11 is 1.48. The average molecular weight is 339 g/mol. The molecular formula is C15H13N7OS. The Kier molecular flexibility index (Phi) is 3.35. The first-order chi connectivity index (χ1) is 11.6. The molecule has 0 saturated carbocycles. The molecule has 0 unspecified atom stereocenters. The number of nitrogens with one attached hydrogen (secondary N) is 1. The summed E-state index contributed by atoms with van der Waals surface area (Å²) in [4.78, 5) is 21.8. The van der Waals surface area contributed by atoms with Crippen molar-refractivity contribution in [1.82, 2.24) is 29.4 Å². The van der Waals surface area contributed by atoms with E-state index in [-0.39, 0.29) is 11.9 Å². The molecule has 24 heavy (non-hydrogen) atoms. The molecule has 0 saturated heterocycles. The van der Waals surface area contributed by atoms with Gasteiger partial charge >= 0.3 is 0 Å². The molecule has 0 bridgehead atoms. The number of carbonyl (C=O) groups is 1. The highest BCUT2D eigenvalue weighted by atomic mass is 32.1. The van der Waals surface area contributed by atoms with Gasteiger partial charge in [0.15, 0.2) is 5.82 Å². The number of aryl methyl sites for hydroxylation is 1. The van der Waals surface area contributed by atoms with Gasteiger partial charge < -0.3 is 0 Å². The summed E-state index contributed by atoms with van der Waals surface area (Å²) in [5.41, 5.74) is 2.13. The molecule has 0 fully saturated rings. The molecule has 120 valence electrons. The van der Waals surface area contributed by atoms with Gasteiger partial charge in [-0.15, -0.1) is 16.4 Å². The number of aromatic nitrogens is 6. The van der Waals surface area contributed by atoms with Gasteiger partial charge in [-0.3, -0.25) is 10.1 Å². The van der Waals surface area contributed by atoms with Crippen LogP contribution < -0.4 is 5.32 Å². The van der Waals surface area contributed by atoms with Crippen molar-refractivity contribution in [2.75, 3.05) is 5.32 Å². The predicted molar refractivity (Wildman–Crippen MR) is 89.7 cm³/mol. The Balaban J connectivity index is 1.62. The third-order valence-corrected chi connectivity index (χ3v) is 4.53. The minimum Gasteiger partial charge on any atom is -0.289 e. The van der Waals surface area contributed by atoms with E-state index in [1.54, 1.807) is 15.4 Å². The minimum absolute atomic E-state index is 0.278. The topological polar surface area (TPSA) is 90.0 Å². The SMILES string of the molecule is Cc1c(C(=O)Nc2nc3scc(C)n3n2)cnn1-c1ccccn1. The molecule has 4 heterocycles. The van der Waals surface area contributed by atoms with Crippen LogP contribution in [0.25, 0.3) is 10.8 Å².